The van der Waals surface area contributed by atoms with Crippen molar-refractivity contribution in [3.8, 4) is 10.4 Å². The van der Waals surface area contributed by atoms with Crippen molar-refractivity contribution in [1.82, 2.24) is 9.88 Å². The first kappa shape index (κ1) is 26.0. The lowest BCUT2D eigenvalue weighted by molar-refractivity contribution is 0.102. The van der Waals surface area contributed by atoms with Gasteiger partial charge in [-0.1, -0.05) is 29.8 Å². The van der Waals surface area contributed by atoms with Gasteiger partial charge in [0.15, 0.2) is 5.78 Å². The van der Waals surface area contributed by atoms with Crippen LogP contribution in [0.15, 0.2) is 77.4 Å². The summed E-state index contributed by atoms with van der Waals surface area (Å²) in [5.74, 6) is 0.0575. The van der Waals surface area contributed by atoms with E-state index in [0.29, 0.717) is 22.7 Å². The van der Waals surface area contributed by atoms with Gasteiger partial charge in [0, 0.05) is 45.3 Å². The van der Waals surface area contributed by atoms with Crippen LogP contribution in [-0.4, -0.2) is 48.7 Å². The third-order valence-corrected chi connectivity index (χ3v) is 7.23. The fourth-order valence-corrected chi connectivity index (χ4v) is 5.32. The number of ketones is 1. The standard InChI is InChI=1S/C30H31N5OS/c1-18(17-35(4)5)13-21(16-33-3)20-9-10-25(31)24(14-20)30(32)27-15-23-22(7-6-8-26(23)34-27)29-12-11-28(37-29)19(2)36/h6-16,32,34H,3,17,31H2,1-2,4-5H3/b18-13+,21-16+,32-30?. The number of aliphatic imine (C=N–C) groups is 1. The van der Waals surface area contributed by atoms with Gasteiger partial charge in [0.1, 0.15) is 0 Å². The van der Waals surface area contributed by atoms with Gasteiger partial charge in [0.05, 0.1) is 16.3 Å². The number of likely N-dealkylation sites (N-methyl/N-ethyl adjacent to an activating group) is 1. The molecule has 4 rings (SSSR count). The minimum absolute atomic E-state index is 0.0575. The summed E-state index contributed by atoms with van der Waals surface area (Å²) in [4.78, 5) is 23.0. The monoisotopic (exact) mass is 509 g/mol. The van der Waals surface area contributed by atoms with E-state index < -0.39 is 0 Å². The quantitative estimate of drug-likeness (QED) is 0.102. The second kappa shape index (κ2) is 10.9. The van der Waals surface area contributed by atoms with Crippen molar-refractivity contribution in [1.29, 1.82) is 5.41 Å². The summed E-state index contributed by atoms with van der Waals surface area (Å²) in [5, 5.41) is 10.0. The van der Waals surface area contributed by atoms with Gasteiger partial charge in [-0.05, 0) is 82.2 Å². The summed E-state index contributed by atoms with van der Waals surface area (Å²) >= 11 is 1.48. The molecule has 0 unspecified atom stereocenters. The second-order valence-corrected chi connectivity index (χ2v) is 10.4. The highest BCUT2D eigenvalue weighted by Crippen LogP contribution is 2.35. The highest BCUT2D eigenvalue weighted by molar-refractivity contribution is 7.17. The zero-order valence-electron chi connectivity index (χ0n) is 21.6. The van der Waals surface area contributed by atoms with Crippen LogP contribution in [-0.2, 0) is 0 Å². The van der Waals surface area contributed by atoms with Crippen LogP contribution in [0.2, 0.25) is 0 Å². The van der Waals surface area contributed by atoms with Crippen molar-refractivity contribution in [2.45, 2.75) is 13.8 Å². The van der Waals surface area contributed by atoms with Crippen LogP contribution in [0.1, 0.15) is 40.3 Å². The molecule has 7 heteroatoms. The van der Waals surface area contributed by atoms with Crippen molar-refractivity contribution in [3.05, 3.63) is 94.1 Å². The van der Waals surface area contributed by atoms with Gasteiger partial charge < -0.3 is 15.6 Å². The van der Waals surface area contributed by atoms with E-state index in [1.807, 2.05) is 68.7 Å². The highest BCUT2D eigenvalue weighted by Gasteiger charge is 2.16. The molecule has 0 saturated heterocycles. The summed E-state index contributed by atoms with van der Waals surface area (Å²) in [6.45, 7) is 8.11. The van der Waals surface area contributed by atoms with E-state index in [9.17, 15) is 4.79 Å². The Balaban J connectivity index is 1.74. The summed E-state index contributed by atoms with van der Waals surface area (Å²) in [6, 6.07) is 17.5. The second-order valence-electron chi connectivity index (χ2n) is 9.34. The highest BCUT2D eigenvalue weighted by atomic mass is 32.1. The average molecular weight is 510 g/mol. The number of rotatable bonds is 9. The minimum Gasteiger partial charge on any atom is -0.398 e. The Morgan fingerprint density at radius 1 is 1.16 bits per heavy atom. The molecule has 0 radical (unpaired) electrons. The van der Waals surface area contributed by atoms with Crippen LogP contribution in [0.25, 0.3) is 26.9 Å². The van der Waals surface area contributed by atoms with Crippen LogP contribution in [0.5, 0.6) is 0 Å². The number of nitrogen functional groups attached to an aromatic ring is 1. The molecule has 0 aliphatic heterocycles. The van der Waals surface area contributed by atoms with E-state index in [2.05, 4.69) is 34.6 Å². The fraction of sp³-hybridized carbons (Fsp3) is 0.167. The fourth-order valence-electron chi connectivity index (χ4n) is 4.38. The van der Waals surface area contributed by atoms with Gasteiger partial charge in [0.2, 0.25) is 0 Å². The summed E-state index contributed by atoms with van der Waals surface area (Å²) < 4.78 is 0. The number of aromatic nitrogens is 1. The lowest BCUT2D eigenvalue weighted by Gasteiger charge is -2.13. The minimum atomic E-state index is 0.0575. The molecular weight excluding hydrogens is 478 g/mol. The van der Waals surface area contributed by atoms with E-state index >= 15 is 0 Å². The van der Waals surface area contributed by atoms with E-state index in [4.69, 9.17) is 11.1 Å². The molecule has 0 atom stereocenters. The molecule has 2 aromatic carbocycles. The molecule has 2 aromatic heterocycles. The first-order chi connectivity index (χ1) is 17.7. The van der Waals surface area contributed by atoms with Crippen molar-refractivity contribution in [2.24, 2.45) is 4.99 Å². The molecule has 0 aliphatic carbocycles. The first-order valence-electron chi connectivity index (χ1n) is 11.9. The van der Waals surface area contributed by atoms with E-state index in [0.717, 1.165) is 43.9 Å². The van der Waals surface area contributed by atoms with Crippen LogP contribution in [0.4, 0.5) is 5.69 Å². The maximum Gasteiger partial charge on any atom is 0.169 e. The zero-order valence-corrected chi connectivity index (χ0v) is 22.4. The number of anilines is 1. The van der Waals surface area contributed by atoms with Crippen LogP contribution < -0.4 is 5.73 Å². The number of nitrogens with two attached hydrogens (primary N) is 1. The predicted molar refractivity (Wildman–Crippen MR) is 158 cm³/mol. The molecule has 2 heterocycles. The van der Waals surface area contributed by atoms with E-state index in [-0.39, 0.29) is 5.78 Å². The Morgan fingerprint density at radius 2 is 1.95 bits per heavy atom. The van der Waals surface area contributed by atoms with E-state index in [1.54, 1.807) is 13.1 Å². The molecule has 188 valence electrons. The average Bonchev–Trinajstić information content (AvgIpc) is 3.51. The lowest BCUT2D eigenvalue weighted by atomic mass is 9.97. The Labute approximate surface area is 221 Å². The number of fused-ring (bicyclic) bond motifs is 1. The number of hydrogen-bond donors (Lipinski definition) is 3. The number of nitrogens with one attached hydrogen (secondary N) is 2. The predicted octanol–water partition coefficient (Wildman–Crippen LogP) is 6.65. The number of benzene rings is 2. The maximum absolute atomic E-state index is 11.8. The van der Waals surface area contributed by atoms with Crippen molar-refractivity contribution in [2.75, 3.05) is 26.4 Å². The Hall–Kier alpha value is -4.07. The normalized spacial score (nSPS) is 12.4. The Bertz CT molecular complexity index is 1570. The number of carbonyl (C=O) groups excluding carboxylic acids is 1. The van der Waals surface area contributed by atoms with Gasteiger partial charge in [-0.3, -0.25) is 15.2 Å². The number of hydrogen-bond acceptors (Lipinski definition) is 6. The van der Waals surface area contributed by atoms with Gasteiger partial charge in [-0.2, -0.15) is 0 Å². The number of aromatic amines is 1. The zero-order chi connectivity index (χ0) is 26.7. The number of Topliss-reactive ketones (excluding diaryl/α,β-unsaturated/α-hetero) is 1. The Kier molecular flexibility index (Phi) is 7.66. The summed E-state index contributed by atoms with van der Waals surface area (Å²) in [5.41, 5.74) is 13.4. The number of carbonyl (C=O) groups is 1. The third kappa shape index (κ3) is 5.69. The molecule has 0 aliphatic rings. The number of H-pyrrole nitrogens is 1. The van der Waals surface area contributed by atoms with Crippen molar-refractivity contribution < 1.29 is 4.79 Å². The summed E-state index contributed by atoms with van der Waals surface area (Å²) in [7, 11) is 4.06. The molecule has 6 nitrogen and oxygen atoms in total. The molecule has 0 spiro atoms. The number of nitrogens with zero attached hydrogens (tertiary/aromatic N) is 2. The number of allylic oxidation sites excluding steroid dienone is 2. The molecule has 0 bridgehead atoms. The smallest absolute Gasteiger partial charge is 0.169 e. The van der Waals surface area contributed by atoms with Crippen LogP contribution in [0.3, 0.4) is 0 Å². The van der Waals surface area contributed by atoms with Gasteiger partial charge in [0.25, 0.3) is 0 Å². The van der Waals surface area contributed by atoms with Crippen LogP contribution >= 0.6 is 11.3 Å². The molecule has 4 N–H and O–H groups in total. The molecule has 0 amide bonds. The van der Waals surface area contributed by atoms with Crippen molar-refractivity contribution >= 4 is 51.7 Å². The SMILES string of the molecule is C=N/C=C(\C=C(/C)CN(C)C)c1ccc(N)c(C(=N)c2cc3c(-c4ccc(C(C)=O)s4)cccc3[nH]2)c1. The topological polar surface area (TPSA) is 98.3 Å². The molecule has 37 heavy (non-hydrogen) atoms. The third-order valence-electron chi connectivity index (χ3n) is 6.01. The van der Waals surface area contributed by atoms with E-state index in [1.165, 1.54) is 16.9 Å². The van der Waals surface area contributed by atoms with Gasteiger partial charge >= 0.3 is 0 Å². The largest absolute Gasteiger partial charge is 0.398 e. The van der Waals surface area contributed by atoms with Crippen molar-refractivity contribution in [3.63, 3.8) is 0 Å². The van der Waals surface area contributed by atoms with Gasteiger partial charge in [-0.15, -0.1) is 11.3 Å². The molecule has 0 fully saturated rings. The molecule has 4 aromatic rings. The molecule has 0 saturated carbocycles. The van der Waals surface area contributed by atoms with Gasteiger partial charge in [-0.25, -0.2) is 0 Å². The summed E-state index contributed by atoms with van der Waals surface area (Å²) in [6.07, 6.45) is 3.81. The van der Waals surface area contributed by atoms with Crippen LogP contribution in [0, 0.1) is 5.41 Å². The molecular formula is C30H31N5OS. The first-order valence-corrected chi connectivity index (χ1v) is 12.7. The lowest BCUT2D eigenvalue weighted by Crippen LogP contribution is -2.13. The maximum atomic E-state index is 11.8. The Morgan fingerprint density at radius 3 is 2.62 bits per heavy atom. The number of thiophene rings is 1.